The average Bonchev–Trinajstić information content (AvgIpc) is 2.76. The molecule has 1 heterocycles. The van der Waals surface area contributed by atoms with E-state index in [1.165, 1.54) is 6.07 Å². The minimum absolute atomic E-state index is 0.142. The predicted octanol–water partition coefficient (Wildman–Crippen LogP) is 1.41. The van der Waals surface area contributed by atoms with Gasteiger partial charge >= 0.3 is 5.97 Å². The minimum atomic E-state index is -1.32. The lowest BCUT2D eigenvalue weighted by Crippen LogP contribution is -2.11. The smallest absolute Gasteiger partial charge is 0.340 e. The van der Waals surface area contributed by atoms with Crippen LogP contribution in [0.3, 0.4) is 0 Å². The second-order valence-electron chi connectivity index (χ2n) is 3.77. The zero-order valence-electron chi connectivity index (χ0n) is 9.98. The van der Waals surface area contributed by atoms with Crippen LogP contribution in [0.5, 0.6) is 0 Å². The molecule has 0 saturated carbocycles. The van der Waals surface area contributed by atoms with Gasteiger partial charge in [-0.05, 0) is 12.1 Å². The van der Waals surface area contributed by atoms with Gasteiger partial charge in [-0.25, -0.2) is 9.18 Å². The Labute approximate surface area is 107 Å². The van der Waals surface area contributed by atoms with E-state index in [0.717, 1.165) is 6.07 Å². The van der Waals surface area contributed by atoms with Crippen LogP contribution in [0.2, 0.25) is 0 Å². The van der Waals surface area contributed by atoms with Crippen LogP contribution in [0.4, 0.5) is 15.8 Å². The van der Waals surface area contributed by atoms with Crippen LogP contribution in [-0.2, 0) is 6.54 Å². The molecule has 2 aromatic rings. The number of nitrogens with two attached hydrogens (primary N) is 1. The topological polar surface area (TPSA) is 114 Å². The molecule has 1 aromatic heterocycles. The van der Waals surface area contributed by atoms with Gasteiger partial charge in [-0.3, -0.25) is 0 Å². The van der Waals surface area contributed by atoms with E-state index >= 15 is 0 Å². The van der Waals surface area contributed by atoms with Crippen LogP contribution in [0.25, 0.3) is 0 Å². The fourth-order valence-electron chi connectivity index (χ4n) is 1.56. The van der Waals surface area contributed by atoms with Crippen molar-refractivity contribution < 1.29 is 18.8 Å². The van der Waals surface area contributed by atoms with Crippen molar-refractivity contribution in [1.82, 2.24) is 10.1 Å². The van der Waals surface area contributed by atoms with Crippen molar-refractivity contribution in [3.05, 3.63) is 35.2 Å². The third-order valence-corrected chi connectivity index (χ3v) is 2.41. The highest BCUT2D eigenvalue weighted by molar-refractivity contribution is 6.00. The molecule has 0 unspecified atom stereocenters. The van der Waals surface area contributed by atoms with Crippen molar-refractivity contribution in [2.45, 2.75) is 13.5 Å². The van der Waals surface area contributed by atoms with Crippen LogP contribution in [0.1, 0.15) is 22.1 Å². The highest BCUT2D eigenvalue weighted by Gasteiger charge is 2.17. The Morgan fingerprint density at radius 1 is 1.58 bits per heavy atom. The molecule has 100 valence electrons. The molecule has 0 atom stereocenters. The van der Waals surface area contributed by atoms with Gasteiger partial charge in [-0.15, -0.1) is 0 Å². The van der Waals surface area contributed by atoms with E-state index in [-0.39, 0.29) is 17.8 Å². The summed E-state index contributed by atoms with van der Waals surface area (Å²) in [5.41, 5.74) is 4.87. The van der Waals surface area contributed by atoms with E-state index < -0.39 is 17.5 Å². The molecule has 0 radical (unpaired) electrons. The molecular weight excluding hydrogens is 255 g/mol. The molecule has 8 heteroatoms. The number of carboxylic acids is 1. The Morgan fingerprint density at radius 3 is 2.89 bits per heavy atom. The van der Waals surface area contributed by atoms with Crippen molar-refractivity contribution in [2.75, 3.05) is 11.1 Å². The van der Waals surface area contributed by atoms with Crippen molar-refractivity contribution in [3.63, 3.8) is 0 Å². The monoisotopic (exact) mass is 266 g/mol. The van der Waals surface area contributed by atoms with Gasteiger partial charge in [0.05, 0.1) is 17.9 Å². The highest BCUT2D eigenvalue weighted by Crippen LogP contribution is 2.25. The Morgan fingerprint density at radius 2 is 2.32 bits per heavy atom. The normalized spacial score (nSPS) is 10.4. The summed E-state index contributed by atoms with van der Waals surface area (Å²) in [5, 5.41) is 15.5. The number of rotatable bonds is 4. The van der Waals surface area contributed by atoms with Gasteiger partial charge < -0.3 is 20.7 Å². The first-order valence-corrected chi connectivity index (χ1v) is 5.33. The van der Waals surface area contributed by atoms with Crippen molar-refractivity contribution in [1.29, 1.82) is 0 Å². The molecule has 0 aliphatic carbocycles. The number of hydrogen-bond donors (Lipinski definition) is 3. The molecule has 4 N–H and O–H groups in total. The number of nitrogens with one attached hydrogen (secondary N) is 1. The number of aryl methyl sites for hydroxylation is 1. The fourth-order valence-corrected chi connectivity index (χ4v) is 1.56. The standard InChI is InChI=1S/C11H11FN4O3/c1-5-15-8(16-19-5)4-14-7-3-2-6(12)10(13)9(7)11(17)18/h2-3,14H,4,13H2,1H3,(H,17,18). The van der Waals surface area contributed by atoms with E-state index in [4.69, 9.17) is 15.4 Å². The quantitative estimate of drug-likeness (QED) is 0.716. The van der Waals surface area contributed by atoms with Crippen LogP contribution in [-0.4, -0.2) is 21.2 Å². The second kappa shape index (κ2) is 4.92. The Balaban J connectivity index is 2.25. The summed E-state index contributed by atoms with van der Waals surface area (Å²) in [5.74, 6) is -1.34. The summed E-state index contributed by atoms with van der Waals surface area (Å²) in [6.07, 6.45) is 0. The second-order valence-corrected chi connectivity index (χ2v) is 3.77. The van der Waals surface area contributed by atoms with Gasteiger partial charge in [-0.1, -0.05) is 5.16 Å². The van der Waals surface area contributed by atoms with E-state index in [2.05, 4.69) is 15.5 Å². The molecule has 0 aliphatic heterocycles. The van der Waals surface area contributed by atoms with Crippen molar-refractivity contribution in [3.8, 4) is 0 Å². The van der Waals surface area contributed by atoms with Gasteiger partial charge in [-0.2, -0.15) is 4.98 Å². The number of aromatic nitrogens is 2. The highest BCUT2D eigenvalue weighted by atomic mass is 19.1. The molecule has 19 heavy (non-hydrogen) atoms. The zero-order valence-corrected chi connectivity index (χ0v) is 9.98. The Kier molecular flexibility index (Phi) is 3.32. The van der Waals surface area contributed by atoms with Gasteiger partial charge in [0.1, 0.15) is 11.4 Å². The maximum Gasteiger partial charge on any atom is 0.340 e. The van der Waals surface area contributed by atoms with Crippen LogP contribution in [0, 0.1) is 12.7 Å². The first kappa shape index (κ1) is 12.8. The van der Waals surface area contributed by atoms with E-state index in [1.807, 2.05) is 0 Å². The summed E-state index contributed by atoms with van der Waals surface area (Å²) in [6, 6.07) is 2.38. The molecule has 0 amide bonds. The summed E-state index contributed by atoms with van der Waals surface area (Å²) in [4.78, 5) is 15.0. The fraction of sp³-hybridized carbons (Fsp3) is 0.182. The predicted molar refractivity (Wildman–Crippen MR) is 64.1 cm³/mol. The average molecular weight is 266 g/mol. The van der Waals surface area contributed by atoms with Gasteiger partial charge in [0.15, 0.2) is 5.82 Å². The molecule has 2 rings (SSSR count). The van der Waals surface area contributed by atoms with E-state index in [0.29, 0.717) is 11.7 Å². The molecule has 0 spiro atoms. The molecule has 1 aromatic carbocycles. The number of halogens is 1. The molecule has 0 saturated heterocycles. The van der Waals surface area contributed by atoms with Crippen molar-refractivity contribution >= 4 is 17.3 Å². The first-order chi connectivity index (χ1) is 8.99. The van der Waals surface area contributed by atoms with Gasteiger partial charge in [0.25, 0.3) is 0 Å². The van der Waals surface area contributed by atoms with Gasteiger partial charge in [0.2, 0.25) is 5.89 Å². The summed E-state index contributed by atoms with van der Waals surface area (Å²) >= 11 is 0. The summed E-state index contributed by atoms with van der Waals surface area (Å²) in [6.45, 7) is 1.78. The largest absolute Gasteiger partial charge is 0.478 e. The van der Waals surface area contributed by atoms with Crippen molar-refractivity contribution in [2.24, 2.45) is 0 Å². The van der Waals surface area contributed by atoms with Gasteiger partial charge in [0, 0.05) is 6.92 Å². The molecular formula is C11H11FN4O3. The SMILES string of the molecule is Cc1nc(CNc2ccc(F)c(N)c2C(=O)O)no1. The lowest BCUT2D eigenvalue weighted by atomic mass is 10.1. The molecule has 0 fully saturated rings. The zero-order chi connectivity index (χ0) is 14.0. The van der Waals surface area contributed by atoms with Crippen LogP contribution in [0.15, 0.2) is 16.7 Å². The number of nitrogens with zero attached hydrogens (tertiary/aromatic N) is 2. The van der Waals surface area contributed by atoms with Crippen LogP contribution >= 0.6 is 0 Å². The summed E-state index contributed by atoms with van der Waals surface area (Å²) < 4.78 is 18.0. The molecule has 0 aliphatic rings. The maximum atomic E-state index is 13.2. The maximum absolute atomic E-state index is 13.2. The van der Waals surface area contributed by atoms with Crippen LogP contribution < -0.4 is 11.1 Å². The third-order valence-electron chi connectivity index (χ3n) is 2.41. The number of aromatic carboxylic acids is 1. The lowest BCUT2D eigenvalue weighted by molar-refractivity contribution is 0.0698. The molecule has 0 bridgehead atoms. The Hall–Kier alpha value is -2.64. The number of nitrogen functional groups attached to an aromatic ring is 1. The minimum Gasteiger partial charge on any atom is -0.478 e. The first-order valence-electron chi connectivity index (χ1n) is 5.33. The van der Waals surface area contributed by atoms with E-state index in [9.17, 15) is 9.18 Å². The molecule has 7 nitrogen and oxygen atoms in total. The Bertz CT molecular complexity index is 626. The van der Waals surface area contributed by atoms with E-state index in [1.54, 1.807) is 6.92 Å². The lowest BCUT2D eigenvalue weighted by Gasteiger charge is -2.10. The summed E-state index contributed by atoms with van der Waals surface area (Å²) in [7, 11) is 0. The number of anilines is 2. The number of hydrogen-bond acceptors (Lipinski definition) is 6. The third kappa shape index (κ3) is 2.62. The number of carboxylic acid groups (broad SMARTS) is 1. The number of carbonyl (C=O) groups is 1. The number of benzene rings is 1.